The first-order valence-corrected chi connectivity index (χ1v) is 14.1. The van der Waals surface area contributed by atoms with Gasteiger partial charge in [-0.3, -0.25) is 19.3 Å². The van der Waals surface area contributed by atoms with Crippen molar-refractivity contribution in [2.45, 2.75) is 35.5 Å². The molecule has 5 unspecified atom stereocenters. The Morgan fingerprint density at radius 1 is 0.892 bits per heavy atom. The third-order valence-electron chi connectivity index (χ3n) is 6.49. The molecule has 0 spiro atoms. The summed E-state index contributed by atoms with van der Waals surface area (Å²) in [5.41, 5.74) is 0.618. The fourth-order valence-corrected chi connectivity index (χ4v) is 5.91. The lowest BCUT2D eigenvalue weighted by Gasteiger charge is -2.29. The maximum atomic E-state index is 12.9. The number of nitrogens with zero attached hydrogens (tertiary/aromatic N) is 1. The average molecular weight is 700 g/mol. The second-order valence-corrected chi connectivity index (χ2v) is 12.2. The van der Waals surface area contributed by atoms with E-state index in [0.717, 1.165) is 9.37 Å². The van der Waals surface area contributed by atoms with Gasteiger partial charge in [0.15, 0.2) is 12.4 Å². The predicted molar refractivity (Wildman–Crippen MR) is 144 cm³/mol. The van der Waals surface area contributed by atoms with Crippen molar-refractivity contribution in [1.29, 1.82) is 0 Å². The molecule has 4 rings (SSSR count). The zero-order chi connectivity index (χ0) is 26.9. The number of likely N-dealkylation sites (tertiary alicyclic amines) is 1. The van der Waals surface area contributed by atoms with Crippen LogP contribution in [-0.4, -0.2) is 56.7 Å². The van der Waals surface area contributed by atoms with E-state index < -0.39 is 42.2 Å². The molecule has 1 saturated carbocycles. The summed E-state index contributed by atoms with van der Waals surface area (Å²) in [6.45, 7) is 0.864. The number of carbonyl (C=O) groups is 5. The molecule has 5 atom stereocenters. The Morgan fingerprint density at radius 3 is 1.95 bits per heavy atom. The number of rotatable bonds is 7. The molecule has 0 aromatic heterocycles. The highest BCUT2D eigenvalue weighted by Crippen LogP contribution is 2.43. The molecular formula is C26H22Br3NO7. The Balaban J connectivity index is 1.31. The summed E-state index contributed by atoms with van der Waals surface area (Å²) in [6.07, 6.45) is 0.993. The smallest absolute Gasteiger partial charge is 0.343 e. The van der Waals surface area contributed by atoms with Crippen LogP contribution in [0.3, 0.4) is 0 Å². The van der Waals surface area contributed by atoms with Gasteiger partial charge in [-0.05, 0) is 68.3 Å². The molecule has 1 heterocycles. The van der Waals surface area contributed by atoms with Crippen LogP contribution in [0.5, 0.6) is 5.75 Å². The quantitative estimate of drug-likeness (QED) is 0.136. The Labute approximate surface area is 238 Å². The highest BCUT2D eigenvalue weighted by molar-refractivity contribution is 9.12. The summed E-state index contributed by atoms with van der Waals surface area (Å²) in [5.74, 6) is -3.33. The van der Waals surface area contributed by atoms with Crippen molar-refractivity contribution in [1.82, 2.24) is 4.90 Å². The van der Waals surface area contributed by atoms with Crippen molar-refractivity contribution in [3.8, 4) is 5.75 Å². The van der Waals surface area contributed by atoms with E-state index in [4.69, 9.17) is 9.47 Å². The van der Waals surface area contributed by atoms with Crippen LogP contribution in [-0.2, 0) is 19.1 Å². The fourth-order valence-electron chi connectivity index (χ4n) is 4.41. The lowest BCUT2D eigenvalue weighted by Crippen LogP contribution is -2.44. The minimum absolute atomic E-state index is 0.0565. The third-order valence-corrected chi connectivity index (χ3v) is 9.75. The molecule has 2 aliphatic rings. The highest BCUT2D eigenvalue weighted by Gasteiger charge is 2.54. The Bertz CT molecular complexity index is 1200. The number of hydrogen-bond acceptors (Lipinski definition) is 7. The van der Waals surface area contributed by atoms with Crippen molar-refractivity contribution in [3.05, 3.63) is 64.1 Å². The van der Waals surface area contributed by atoms with Crippen LogP contribution in [0, 0.1) is 11.8 Å². The van der Waals surface area contributed by atoms with E-state index >= 15 is 0 Å². The average Bonchev–Trinajstić information content (AvgIpc) is 3.11. The lowest BCUT2D eigenvalue weighted by atomic mass is 9.81. The normalized spacial score (nSPS) is 23.8. The van der Waals surface area contributed by atoms with Crippen LogP contribution in [0.4, 0.5) is 0 Å². The zero-order valence-electron chi connectivity index (χ0n) is 19.6. The van der Waals surface area contributed by atoms with E-state index in [1.54, 1.807) is 24.3 Å². The molecule has 0 radical (unpaired) electrons. The second-order valence-electron chi connectivity index (χ2n) is 8.89. The predicted octanol–water partition coefficient (Wildman–Crippen LogP) is 4.70. The molecule has 0 N–H and O–H groups in total. The molecule has 2 amide bonds. The minimum Gasteiger partial charge on any atom is -0.456 e. The third kappa shape index (κ3) is 6.04. The number of carbonyl (C=O) groups excluding carboxylic acids is 5. The first-order valence-electron chi connectivity index (χ1n) is 11.5. The van der Waals surface area contributed by atoms with Gasteiger partial charge in [0.2, 0.25) is 11.8 Å². The molecule has 2 aromatic rings. The van der Waals surface area contributed by atoms with Crippen LogP contribution in [0.25, 0.3) is 0 Å². The fraction of sp³-hybridized carbons (Fsp3) is 0.346. The lowest BCUT2D eigenvalue weighted by molar-refractivity contribution is -0.157. The molecule has 194 valence electrons. The molecule has 37 heavy (non-hydrogen) atoms. The summed E-state index contributed by atoms with van der Waals surface area (Å²) in [4.78, 5) is 64.2. The van der Waals surface area contributed by atoms with Gasteiger partial charge in [-0.2, -0.15) is 0 Å². The van der Waals surface area contributed by atoms with Gasteiger partial charge in [0.25, 0.3) is 0 Å². The maximum absolute atomic E-state index is 12.9. The van der Waals surface area contributed by atoms with E-state index in [0.29, 0.717) is 18.4 Å². The molecule has 11 heteroatoms. The summed E-state index contributed by atoms with van der Waals surface area (Å²) < 4.78 is 11.3. The van der Waals surface area contributed by atoms with E-state index in [2.05, 4.69) is 47.8 Å². The number of hydrogen-bond donors (Lipinski definition) is 0. The van der Waals surface area contributed by atoms with Gasteiger partial charge in [0.1, 0.15) is 11.8 Å². The summed E-state index contributed by atoms with van der Waals surface area (Å²) in [7, 11) is 0. The summed E-state index contributed by atoms with van der Waals surface area (Å²) in [6, 6.07) is 11.4. The highest BCUT2D eigenvalue weighted by atomic mass is 79.9. The number of Topliss-reactive ketones (excluding diaryl/α,β-unsaturated/α-hetero) is 1. The number of ketones is 1. The Hall–Kier alpha value is -2.37. The van der Waals surface area contributed by atoms with Gasteiger partial charge < -0.3 is 9.47 Å². The van der Waals surface area contributed by atoms with Crippen molar-refractivity contribution < 1.29 is 33.4 Å². The molecule has 2 aromatic carbocycles. The van der Waals surface area contributed by atoms with Crippen molar-refractivity contribution in [2.75, 3.05) is 6.61 Å². The molecule has 1 saturated heterocycles. The van der Waals surface area contributed by atoms with Crippen LogP contribution in [0.1, 0.15) is 40.5 Å². The standard InChI is InChI=1S/C26H22Br3NO7/c1-13(30-23(32)18-10-20(28)21(29)11-19(18)24(30)33)25(34)36-12-22(31)14-4-8-17(9-5-14)37-26(35)15-2-6-16(27)7-3-15/h2-9,13,18-21H,10-12H2,1H3. The Morgan fingerprint density at radius 2 is 1.41 bits per heavy atom. The first-order chi connectivity index (χ1) is 17.6. The number of alkyl halides is 2. The van der Waals surface area contributed by atoms with Crippen molar-refractivity contribution in [3.63, 3.8) is 0 Å². The van der Waals surface area contributed by atoms with Crippen LogP contribution >= 0.6 is 47.8 Å². The number of amides is 2. The number of halogens is 3. The minimum atomic E-state index is -1.14. The zero-order valence-corrected chi connectivity index (χ0v) is 24.3. The van der Waals surface area contributed by atoms with E-state index in [1.165, 1.54) is 31.2 Å². The number of ether oxygens (including phenoxy) is 2. The summed E-state index contributed by atoms with van der Waals surface area (Å²) in [5, 5.41) is 0. The molecule has 1 aliphatic heterocycles. The van der Waals surface area contributed by atoms with Crippen LogP contribution in [0.15, 0.2) is 53.0 Å². The first kappa shape index (κ1) is 27.7. The van der Waals surface area contributed by atoms with E-state index in [9.17, 15) is 24.0 Å². The molecular weight excluding hydrogens is 678 g/mol. The van der Waals surface area contributed by atoms with Gasteiger partial charge >= 0.3 is 11.9 Å². The topological polar surface area (TPSA) is 107 Å². The SMILES string of the molecule is CC(C(=O)OCC(=O)c1ccc(OC(=O)c2ccc(Br)cc2)cc1)N1C(=O)C2CC(Br)C(Br)CC2C1=O. The number of esters is 2. The van der Waals surface area contributed by atoms with Gasteiger partial charge in [0.05, 0.1) is 17.4 Å². The monoisotopic (exact) mass is 697 g/mol. The van der Waals surface area contributed by atoms with Gasteiger partial charge in [-0.15, -0.1) is 0 Å². The molecule has 0 bridgehead atoms. The number of imide groups is 1. The molecule has 2 fully saturated rings. The number of fused-ring (bicyclic) bond motifs is 1. The maximum Gasteiger partial charge on any atom is 0.343 e. The van der Waals surface area contributed by atoms with E-state index in [-0.39, 0.29) is 32.8 Å². The second kappa shape index (κ2) is 11.6. The number of benzene rings is 2. The van der Waals surface area contributed by atoms with Crippen LogP contribution in [0.2, 0.25) is 0 Å². The van der Waals surface area contributed by atoms with Gasteiger partial charge in [-0.25, -0.2) is 9.59 Å². The van der Waals surface area contributed by atoms with Crippen molar-refractivity contribution in [2.24, 2.45) is 11.8 Å². The van der Waals surface area contributed by atoms with E-state index in [1.807, 2.05) is 0 Å². The largest absolute Gasteiger partial charge is 0.456 e. The molecule has 1 aliphatic carbocycles. The van der Waals surface area contributed by atoms with Crippen molar-refractivity contribution >= 4 is 77.3 Å². The van der Waals surface area contributed by atoms with Gasteiger partial charge in [0, 0.05) is 19.7 Å². The Kier molecular flexibility index (Phi) is 8.65. The van der Waals surface area contributed by atoms with Crippen LogP contribution < -0.4 is 4.74 Å². The summed E-state index contributed by atoms with van der Waals surface area (Å²) >= 11 is 10.4. The van der Waals surface area contributed by atoms with Gasteiger partial charge in [-0.1, -0.05) is 47.8 Å². The molecule has 8 nitrogen and oxygen atoms in total.